The van der Waals surface area contributed by atoms with Crippen molar-refractivity contribution in [3.05, 3.63) is 47.3 Å². The number of halogens is 1. The van der Waals surface area contributed by atoms with Crippen LogP contribution in [0.5, 0.6) is 0 Å². The molecule has 1 saturated carbocycles. The molecule has 4 rings (SSSR count). The Labute approximate surface area is 127 Å². The summed E-state index contributed by atoms with van der Waals surface area (Å²) in [5.41, 5.74) is 1.03. The summed E-state index contributed by atoms with van der Waals surface area (Å²) in [5.74, 6) is 1.85. The van der Waals surface area contributed by atoms with Crippen molar-refractivity contribution >= 4 is 5.91 Å². The third-order valence-corrected chi connectivity index (χ3v) is 4.53. The number of fused-ring (bicyclic) bond motifs is 1. The molecule has 0 saturated heterocycles. The van der Waals surface area contributed by atoms with Crippen molar-refractivity contribution in [2.75, 3.05) is 0 Å². The number of benzene rings is 1. The van der Waals surface area contributed by atoms with Gasteiger partial charge in [0.15, 0.2) is 5.82 Å². The van der Waals surface area contributed by atoms with Gasteiger partial charge in [0.2, 0.25) is 5.91 Å². The lowest BCUT2D eigenvalue weighted by atomic mass is 10.1. The Hall–Kier alpha value is -2.24. The van der Waals surface area contributed by atoms with E-state index < -0.39 is 0 Å². The zero-order chi connectivity index (χ0) is 15.1. The van der Waals surface area contributed by atoms with Crippen LogP contribution in [0.15, 0.2) is 24.3 Å². The second kappa shape index (κ2) is 5.19. The lowest BCUT2D eigenvalue weighted by Gasteiger charge is -2.06. The van der Waals surface area contributed by atoms with Crippen molar-refractivity contribution in [2.45, 2.75) is 38.3 Å². The van der Waals surface area contributed by atoms with Gasteiger partial charge in [-0.3, -0.25) is 4.79 Å². The zero-order valence-electron chi connectivity index (χ0n) is 12.1. The van der Waals surface area contributed by atoms with Crippen LogP contribution in [0.4, 0.5) is 4.39 Å². The molecular weight excluding hydrogens is 283 g/mol. The van der Waals surface area contributed by atoms with Crippen LogP contribution in [0.3, 0.4) is 0 Å². The average Bonchev–Trinajstić information content (AvgIpc) is 3.01. The second-order valence-corrected chi connectivity index (χ2v) is 6.01. The van der Waals surface area contributed by atoms with Crippen LogP contribution in [-0.4, -0.2) is 20.7 Å². The highest BCUT2D eigenvalue weighted by molar-refractivity contribution is 5.82. The number of carbonyl (C=O) groups excluding carboxylic acids is 1. The van der Waals surface area contributed by atoms with Crippen LogP contribution in [0.1, 0.15) is 36.0 Å². The smallest absolute Gasteiger partial charge is 0.224 e. The van der Waals surface area contributed by atoms with Gasteiger partial charge in [-0.1, -0.05) is 12.1 Å². The molecule has 1 aromatic carbocycles. The first-order valence-electron chi connectivity index (χ1n) is 7.66. The third kappa shape index (κ3) is 2.38. The number of hydrogen-bond acceptors (Lipinski definition) is 3. The van der Waals surface area contributed by atoms with Crippen molar-refractivity contribution in [1.29, 1.82) is 0 Å². The molecule has 2 atom stereocenters. The summed E-state index contributed by atoms with van der Waals surface area (Å²) in [6.45, 7) is 1.37. The number of hydrogen-bond donors (Lipinski definition) is 1. The standard InChI is InChI=1S/C16H17FN4O/c17-11-5-3-10(4-6-11)12-8-13(12)16(22)18-9-15-20-19-14-2-1-7-21(14)15/h3-6,12-13H,1-2,7-9H2,(H,18,22)/t12-,13-/m0/s1. The molecule has 1 fully saturated rings. The number of nitrogens with zero attached hydrogens (tertiary/aromatic N) is 3. The maximum Gasteiger partial charge on any atom is 0.224 e. The molecule has 114 valence electrons. The van der Waals surface area contributed by atoms with E-state index in [-0.39, 0.29) is 23.6 Å². The first-order chi connectivity index (χ1) is 10.7. The van der Waals surface area contributed by atoms with Crippen LogP contribution < -0.4 is 5.32 Å². The molecule has 1 aliphatic carbocycles. The molecule has 1 amide bonds. The number of rotatable bonds is 4. The van der Waals surface area contributed by atoms with E-state index in [1.165, 1.54) is 12.1 Å². The van der Waals surface area contributed by atoms with E-state index in [1.807, 2.05) is 0 Å². The molecule has 1 N–H and O–H groups in total. The maximum absolute atomic E-state index is 12.9. The number of carbonyl (C=O) groups is 1. The van der Waals surface area contributed by atoms with Crippen LogP contribution in [0, 0.1) is 11.7 Å². The van der Waals surface area contributed by atoms with E-state index in [0.717, 1.165) is 43.0 Å². The first kappa shape index (κ1) is 13.4. The molecule has 2 aliphatic rings. The Balaban J connectivity index is 1.35. The lowest BCUT2D eigenvalue weighted by Crippen LogP contribution is -2.26. The minimum absolute atomic E-state index is 0.00793. The van der Waals surface area contributed by atoms with E-state index >= 15 is 0 Å². The summed E-state index contributed by atoms with van der Waals surface area (Å²) in [5, 5.41) is 11.2. The molecule has 0 unspecified atom stereocenters. The van der Waals surface area contributed by atoms with Gasteiger partial charge < -0.3 is 9.88 Å². The highest BCUT2D eigenvalue weighted by Gasteiger charge is 2.43. The molecule has 1 aliphatic heterocycles. The van der Waals surface area contributed by atoms with E-state index in [9.17, 15) is 9.18 Å². The molecule has 2 aromatic rings. The fraction of sp³-hybridized carbons (Fsp3) is 0.438. The van der Waals surface area contributed by atoms with Gasteiger partial charge in [0.25, 0.3) is 0 Å². The molecule has 0 spiro atoms. The Morgan fingerprint density at radius 3 is 2.95 bits per heavy atom. The third-order valence-electron chi connectivity index (χ3n) is 4.53. The minimum atomic E-state index is -0.244. The number of aryl methyl sites for hydroxylation is 1. The average molecular weight is 300 g/mol. The normalized spacial score (nSPS) is 22.4. The molecule has 1 aromatic heterocycles. The highest BCUT2D eigenvalue weighted by atomic mass is 19.1. The van der Waals surface area contributed by atoms with Crippen molar-refractivity contribution < 1.29 is 9.18 Å². The van der Waals surface area contributed by atoms with Crippen LogP contribution >= 0.6 is 0 Å². The Morgan fingerprint density at radius 2 is 2.14 bits per heavy atom. The van der Waals surface area contributed by atoms with Crippen molar-refractivity contribution in [2.24, 2.45) is 5.92 Å². The van der Waals surface area contributed by atoms with Gasteiger partial charge in [-0.2, -0.15) is 0 Å². The van der Waals surface area contributed by atoms with Crippen molar-refractivity contribution in [1.82, 2.24) is 20.1 Å². The molecule has 0 bridgehead atoms. The van der Waals surface area contributed by atoms with Crippen LogP contribution in [0.25, 0.3) is 0 Å². The van der Waals surface area contributed by atoms with Crippen LogP contribution in [-0.2, 0) is 24.3 Å². The summed E-state index contributed by atoms with van der Waals surface area (Å²) in [6, 6.07) is 6.42. The topological polar surface area (TPSA) is 59.8 Å². The first-order valence-corrected chi connectivity index (χ1v) is 7.66. The highest BCUT2D eigenvalue weighted by Crippen LogP contribution is 2.47. The van der Waals surface area contributed by atoms with Gasteiger partial charge in [0.05, 0.1) is 6.54 Å². The Morgan fingerprint density at radius 1 is 1.32 bits per heavy atom. The minimum Gasteiger partial charge on any atom is -0.349 e. The molecular formula is C16H17FN4O. The number of amides is 1. The van der Waals surface area contributed by atoms with E-state index in [1.54, 1.807) is 12.1 Å². The van der Waals surface area contributed by atoms with Gasteiger partial charge in [-0.25, -0.2) is 4.39 Å². The van der Waals surface area contributed by atoms with Gasteiger partial charge in [0, 0.05) is 18.9 Å². The van der Waals surface area contributed by atoms with Crippen molar-refractivity contribution in [3.8, 4) is 0 Å². The van der Waals surface area contributed by atoms with E-state index in [2.05, 4.69) is 20.1 Å². The molecule has 22 heavy (non-hydrogen) atoms. The summed E-state index contributed by atoms with van der Waals surface area (Å²) in [7, 11) is 0. The summed E-state index contributed by atoms with van der Waals surface area (Å²) in [4.78, 5) is 12.2. The second-order valence-electron chi connectivity index (χ2n) is 6.01. The Kier molecular flexibility index (Phi) is 3.17. The molecule has 0 radical (unpaired) electrons. The Bertz CT molecular complexity index is 709. The largest absolute Gasteiger partial charge is 0.349 e. The zero-order valence-corrected chi connectivity index (χ0v) is 12.1. The maximum atomic E-state index is 12.9. The predicted octanol–water partition coefficient (Wildman–Crippen LogP) is 1.78. The molecule has 2 heterocycles. The molecule has 5 nitrogen and oxygen atoms in total. The van der Waals surface area contributed by atoms with E-state index in [0.29, 0.717) is 6.54 Å². The van der Waals surface area contributed by atoms with Crippen LogP contribution in [0.2, 0.25) is 0 Å². The quantitative estimate of drug-likeness (QED) is 0.936. The number of aromatic nitrogens is 3. The fourth-order valence-electron chi connectivity index (χ4n) is 3.20. The van der Waals surface area contributed by atoms with Gasteiger partial charge in [-0.05, 0) is 36.5 Å². The lowest BCUT2D eigenvalue weighted by molar-refractivity contribution is -0.122. The van der Waals surface area contributed by atoms with Gasteiger partial charge in [-0.15, -0.1) is 10.2 Å². The summed E-state index contributed by atoms with van der Waals surface area (Å²) >= 11 is 0. The monoisotopic (exact) mass is 300 g/mol. The SMILES string of the molecule is O=C(NCc1nnc2n1CCC2)[C@H]1C[C@H]1c1ccc(F)cc1. The predicted molar refractivity (Wildman–Crippen MR) is 77.4 cm³/mol. The van der Waals surface area contributed by atoms with Crippen molar-refractivity contribution in [3.63, 3.8) is 0 Å². The summed E-state index contributed by atoms with van der Waals surface area (Å²) in [6.07, 6.45) is 2.90. The fourth-order valence-corrected chi connectivity index (χ4v) is 3.20. The molecule has 6 heteroatoms. The van der Waals surface area contributed by atoms with Gasteiger partial charge in [0.1, 0.15) is 11.6 Å². The summed E-state index contributed by atoms with van der Waals surface area (Å²) < 4.78 is 15.0. The van der Waals surface area contributed by atoms with Gasteiger partial charge >= 0.3 is 0 Å². The number of nitrogens with one attached hydrogen (secondary N) is 1. The van der Waals surface area contributed by atoms with E-state index in [4.69, 9.17) is 0 Å².